The van der Waals surface area contributed by atoms with Gasteiger partial charge < -0.3 is 5.32 Å². The third-order valence-electron chi connectivity index (χ3n) is 4.78. The average Bonchev–Trinajstić information content (AvgIpc) is 2.59. The molecule has 24 heavy (non-hydrogen) atoms. The van der Waals surface area contributed by atoms with Gasteiger partial charge >= 0.3 is 0 Å². The summed E-state index contributed by atoms with van der Waals surface area (Å²) in [5.41, 5.74) is 4.55. The first kappa shape index (κ1) is 16.7. The maximum Gasteiger partial charge on any atom is 0.228 e. The van der Waals surface area contributed by atoms with Crippen LogP contribution in [0, 0.1) is 19.8 Å². The zero-order valence-electron chi connectivity index (χ0n) is 14.6. The topological polar surface area (TPSA) is 32.3 Å². The quantitative estimate of drug-likeness (QED) is 0.917. The molecule has 126 valence electrons. The number of likely N-dealkylation sites (tertiary alicyclic amines) is 1. The summed E-state index contributed by atoms with van der Waals surface area (Å²) in [6.07, 6.45) is 2.06. The van der Waals surface area contributed by atoms with Crippen molar-refractivity contribution >= 4 is 11.6 Å². The zero-order valence-corrected chi connectivity index (χ0v) is 14.6. The van der Waals surface area contributed by atoms with Crippen molar-refractivity contribution in [2.45, 2.75) is 33.2 Å². The number of carbonyl (C=O) groups is 1. The fourth-order valence-corrected chi connectivity index (χ4v) is 3.36. The van der Waals surface area contributed by atoms with E-state index < -0.39 is 0 Å². The van der Waals surface area contributed by atoms with Gasteiger partial charge in [-0.15, -0.1) is 0 Å². The first-order valence-electron chi connectivity index (χ1n) is 8.76. The normalized spacial score (nSPS) is 18.3. The Labute approximate surface area is 144 Å². The third-order valence-corrected chi connectivity index (χ3v) is 4.78. The van der Waals surface area contributed by atoms with Gasteiger partial charge in [0.2, 0.25) is 5.91 Å². The number of amides is 1. The number of benzene rings is 2. The van der Waals surface area contributed by atoms with Crippen molar-refractivity contribution in [1.29, 1.82) is 0 Å². The number of hydrogen-bond donors (Lipinski definition) is 1. The summed E-state index contributed by atoms with van der Waals surface area (Å²) in [7, 11) is 0. The predicted octanol–water partition coefficient (Wildman–Crippen LogP) is 4.15. The number of hydrogen-bond acceptors (Lipinski definition) is 2. The summed E-state index contributed by atoms with van der Waals surface area (Å²) in [6.45, 7) is 6.93. The summed E-state index contributed by atoms with van der Waals surface area (Å²) in [5.74, 6) is 0.226. The average molecular weight is 322 g/mol. The first-order chi connectivity index (χ1) is 11.6. The van der Waals surface area contributed by atoms with Gasteiger partial charge in [0.1, 0.15) is 0 Å². The van der Waals surface area contributed by atoms with Gasteiger partial charge in [-0.3, -0.25) is 9.69 Å². The summed E-state index contributed by atoms with van der Waals surface area (Å²) >= 11 is 0. The van der Waals surface area contributed by atoms with Crippen LogP contribution in [0.25, 0.3) is 0 Å². The maximum atomic E-state index is 12.7. The number of aryl methyl sites for hydroxylation is 2. The molecule has 1 heterocycles. The van der Waals surface area contributed by atoms with Gasteiger partial charge in [-0.1, -0.05) is 42.5 Å². The van der Waals surface area contributed by atoms with Crippen molar-refractivity contribution < 1.29 is 4.79 Å². The fraction of sp³-hybridized carbons (Fsp3) is 0.381. The van der Waals surface area contributed by atoms with Crippen LogP contribution in [0.3, 0.4) is 0 Å². The minimum absolute atomic E-state index is 0.0716. The molecule has 0 aromatic heterocycles. The van der Waals surface area contributed by atoms with Crippen LogP contribution in [0.1, 0.15) is 29.5 Å². The van der Waals surface area contributed by atoms with E-state index in [-0.39, 0.29) is 11.8 Å². The molecule has 2 aromatic rings. The Balaban J connectivity index is 1.61. The molecule has 1 aliphatic heterocycles. The van der Waals surface area contributed by atoms with Gasteiger partial charge in [0.25, 0.3) is 0 Å². The van der Waals surface area contributed by atoms with Crippen LogP contribution >= 0.6 is 0 Å². The van der Waals surface area contributed by atoms with Crippen molar-refractivity contribution in [2.75, 3.05) is 18.4 Å². The Kier molecular flexibility index (Phi) is 5.31. The lowest BCUT2D eigenvalue weighted by Gasteiger charge is -2.32. The van der Waals surface area contributed by atoms with Gasteiger partial charge in [-0.05, 0) is 56.0 Å². The second-order valence-corrected chi connectivity index (χ2v) is 6.87. The summed E-state index contributed by atoms with van der Waals surface area (Å²) in [6, 6.07) is 16.7. The standard InChI is InChI=1S/C21H26N2O/c1-16-10-11-17(2)20(13-16)22-21(24)19-9-6-12-23(15-19)14-18-7-4-3-5-8-18/h3-5,7-8,10-11,13,19H,6,9,12,14-15H2,1-2H3,(H,22,24)/t19-/m1/s1. The van der Waals surface area contributed by atoms with Gasteiger partial charge in [-0.25, -0.2) is 0 Å². The Morgan fingerprint density at radius 1 is 1.17 bits per heavy atom. The number of rotatable bonds is 4. The van der Waals surface area contributed by atoms with Crippen molar-refractivity contribution in [3.63, 3.8) is 0 Å². The molecule has 0 bridgehead atoms. The predicted molar refractivity (Wildman–Crippen MR) is 99.0 cm³/mol. The van der Waals surface area contributed by atoms with Crippen molar-refractivity contribution in [2.24, 2.45) is 5.92 Å². The number of nitrogens with one attached hydrogen (secondary N) is 1. The Hall–Kier alpha value is -2.13. The molecule has 1 amide bonds. The lowest BCUT2D eigenvalue weighted by molar-refractivity contribution is -0.121. The minimum Gasteiger partial charge on any atom is -0.326 e. The monoisotopic (exact) mass is 322 g/mol. The van der Waals surface area contributed by atoms with E-state index in [9.17, 15) is 4.79 Å². The van der Waals surface area contributed by atoms with E-state index in [1.807, 2.05) is 13.0 Å². The lowest BCUT2D eigenvalue weighted by Crippen LogP contribution is -2.40. The molecule has 3 rings (SSSR count). The van der Waals surface area contributed by atoms with E-state index in [4.69, 9.17) is 0 Å². The van der Waals surface area contributed by atoms with Gasteiger partial charge in [0.15, 0.2) is 0 Å². The molecule has 1 aliphatic rings. The van der Waals surface area contributed by atoms with E-state index in [1.165, 1.54) is 11.1 Å². The molecule has 1 N–H and O–H groups in total. The number of nitrogens with zero attached hydrogens (tertiary/aromatic N) is 1. The molecule has 0 saturated carbocycles. The van der Waals surface area contributed by atoms with E-state index >= 15 is 0 Å². The molecule has 3 nitrogen and oxygen atoms in total. The van der Waals surface area contributed by atoms with E-state index in [0.717, 1.165) is 43.7 Å². The molecule has 0 aliphatic carbocycles. The molecule has 0 unspecified atom stereocenters. The molecular weight excluding hydrogens is 296 g/mol. The largest absolute Gasteiger partial charge is 0.326 e. The van der Waals surface area contributed by atoms with E-state index in [0.29, 0.717) is 0 Å². The van der Waals surface area contributed by atoms with Crippen molar-refractivity contribution in [1.82, 2.24) is 4.90 Å². The van der Waals surface area contributed by atoms with Crippen LogP contribution in [0.2, 0.25) is 0 Å². The summed E-state index contributed by atoms with van der Waals surface area (Å²) in [5, 5.41) is 3.14. The SMILES string of the molecule is Cc1ccc(C)c(NC(=O)[C@@H]2CCCN(Cc3ccccc3)C2)c1. The van der Waals surface area contributed by atoms with Crippen LogP contribution in [0.4, 0.5) is 5.69 Å². The smallest absolute Gasteiger partial charge is 0.228 e. The van der Waals surface area contributed by atoms with Crippen molar-refractivity contribution in [3.8, 4) is 0 Å². The van der Waals surface area contributed by atoms with Crippen LogP contribution in [-0.4, -0.2) is 23.9 Å². The first-order valence-corrected chi connectivity index (χ1v) is 8.76. The molecule has 1 fully saturated rings. The van der Waals surface area contributed by atoms with Gasteiger partial charge in [-0.2, -0.15) is 0 Å². The molecule has 0 spiro atoms. The fourth-order valence-electron chi connectivity index (χ4n) is 3.36. The number of anilines is 1. The molecule has 0 radical (unpaired) electrons. The van der Waals surface area contributed by atoms with Crippen LogP contribution < -0.4 is 5.32 Å². The number of piperidine rings is 1. The summed E-state index contributed by atoms with van der Waals surface area (Å²) < 4.78 is 0. The Morgan fingerprint density at radius 2 is 1.96 bits per heavy atom. The Morgan fingerprint density at radius 3 is 2.75 bits per heavy atom. The molecule has 1 saturated heterocycles. The second kappa shape index (κ2) is 7.63. The third kappa shape index (κ3) is 4.24. The summed E-state index contributed by atoms with van der Waals surface area (Å²) in [4.78, 5) is 15.1. The molecule has 2 aromatic carbocycles. The Bertz CT molecular complexity index is 696. The molecular formula is C21H26N2O. The van der Waals surface area contributed by atoms with Crippen LogP contribution in [-0.2, 0) is 11.3 Å². The van der Waals surface area contributed by atoms with E-state index in [2.05, 4.69) is 59.6 Å². The number of carbonyl (C=O) groups excluding carboxylic acids is 1. The maximum absolute atomic E-state index is 12.7. The zero-order chi connectivity index (χ0) is 16.9. The highest BCUT2D eigenvalue weighted by Gasteiger charge is 2.26. The van der Waals surface area contributed by atoms with Crippen LogP contribution in [0.15, 0.2) is 48.5 Å². The minimum atomic E-state index is 0.0716. The van der Waals surface area contributed by atoms with Gasteiger partial charge in [0, 0.05) is 18.8 Å². The molecule has 3 heteroatoms. The molecule has 1 atom stereocenters. The highest BCUT2D eigenvalue weighted by molar-refractivity contribution is 5.93. The van der Waals surface area contributed by atoms with E-state index in [1.54, 1.807) is 0 Å². The lowest BCUT2D eigenvalue weighted by atomic mass is 9.96. The van der Waals surface area contributed by atoms with Crippen LogP contribution in [0.5, 0.6) is 0 Å². The highest BCUT2D eigenvalue weighted by Crippen LogP contribution is 2.22. The van der Waals surface area contributed by atoms with Gasteiger partial charge in [0.05, 0.1) is 5.92 Å². The van der Waals surface area contributed by atoms with Crippen molar-refractivity contribution in [3.05, 3.63) is 65.2 Å². The highest BCUT2D eigenvalue weighted by atomic mass is 16.1. The second-order valence-electron chi connectivity index (χ2n) is 6.87.